The van der Waals surface area contributed by atoms with Crippen LogP contribution >= 0.6 is 11.6 Å². The number of aromatic amines is 1. The fraction of sp³-hybridized carbons (Fsp3) is 0.0625. The normalized spacial score (nSPS) is 10.6. The van der Waals surface area contributed by atoms with Crippen LogP contribution in [0.4, 0.5) is 0 Å². The lowest BCUT2D eigenvalue weighted by Crippen LogP contribution is -2.10. The number of fused-ring (bicyclic) bond motifs is 1. The first-order valence-electron chi connectivity index (χ1n) is 6.47. The van der Waals surface area contributed by atoms with Gasteiger partial charge >= 0.3 is 5.97 Å². The SMILES string of the molecule is COC(=O)c1ccc2c(=O)[nH]c(-c3ccc(Cl)cc3)nc2c1. The summed E-state index contributed by atoms with van der Waals surface area (Å²) in [5, 5.41) is 1.00. The molecule has 22 heavy (non-hydrogen) atoms. The number of esters is 1. The predicted octanol–water partition coefficient (Wildman–Crippen LogP) is 3.03. The number of carbonyl (C=O) groups excluding carboxylic acids is 1. The van der Waals surface area contributed by atoms with Gasteiger partial charge in [-0.15, -0.1) is 0 Å². The smallest absolute Gasteiger partial charge is 0.337 e. The van der Waals surface area contributed by atoms with Crippen LogP contribution in [0.15, 0.2) is 47.3 Å². The molecule has 0 saturated carbocycles. The highest BCUT2D eigenvalue weighted by Crippen LogP contribution is 2.19. The number of methoxy groups -OCH3 is 1. The van der Waals surface area contributed by atoms with Gasteiger partial charge in [-0.1, -0.05) is 11.6 Å². The van der Waals surface area contributed by atoms with E-state index < -0.39 is 5.97 Å². The van der Waals surface area contributed by atoms with Crippen LogP contribution in [0, 0.1) is 0 Å². The van der Waals surface area contributed by atoms with Crippen LogP contribution in [-0.4, -0.2) is 23.0 Å². The summed E-state index contributed by atoms with van der Waals surface area (Å²) in [5.74, 6) is -0.0618. The summed E-state index contributed by atoms with van der Waals surface area (Å²) in [7, 11) is 1.30. The number of hydrogen-bond acceptors (Lipinski definition) is 4. The van der Waals surface area contributed by atoms with Gasteiger partial charge in [-0.25, -0.2) is 9.78 Å². The maximum Gasteiger partial charge on any atom is 0.337 e. The minimum Gasteiger partial charge on any atom is -0.465 e. The quantitative estimate of drug-likeness (QED) is 0.738. The number of benzene rings is 2. The minimum atomic E-state index is -0.475. The van der Waals surface area contributed by atoms with Crippen LogP contribution in [0.2, 0.25) is 5.02 Å². The van der Waals surface area contributed by atoms with Gasteiger partial charge in [0, 0.05) is 10.6 Å². The number of hydrogen-bond donors (Lipinski definition) is 1. The van der Waals surface area contributed by atoms with E-state index in [-0.39, 0.29) is 5.56 Å². The Morgan fingerprint density at radius 2 is 1.91 bits per heavy atom. The van der Waals surface area contributed by atoms with Crippen LogP contribution in [0.5, 0.6) is 0 Å². The highest BCUT2D eigenvalue weighted by atomic mass is 35.5. The number of nitrogens with one attached hydrogen (secondary N) is 1. The summed E-state index contributed by atoms with van der Waals surface area (Å²) in [6.45, 7) is 0. The fourth-order valence-corrected chi connectivity index (χ4v) is 2.25. The molecule has 0 bridgehead atoms. The molecule has 0 amide bonds. The lowest BCUT2D eigenvalue weighted by Gasteiger charge is -2.05. The average molecular weight is 315 g/mol. The molecule has 110 valence electrons. The Balaban J connectivity index is 2.19. The molecule has 0 spiro atoms. The maximum atomic E-state index is 12.2. The van der Waals surface area contributed by atoms with Crippen LogP contribution in [0.1, 0.15) is 10.4 Å². The van der Waals surface area contributed by atoms with Gasteiger partial charge in [-0.05, 0) is 42.5 Å². The summed E-state index contributed by atoms with van der Waals surface area (Å²) in [6, 6.07) is 11.6. The van der Waals surface area contributed by atoms with E-state index in [2.05, 4.69) is 14.7 Å². The molecular formula is C16H11ClN2O3. The van der Waals surface area contributed by atoms with Crippen LogP contribution in [-0.2, 0) is 4.74 Å². The van der Waals surface area contributed by atoms with Crippen molar-refractivity contribution in [3.63, 3.8) is 0 Å². The van der Waals surface area contributed by atoms with E-state index in [1.54, 1.807) is 30.3 Å². The van der Waals surface area contributed by atoms with Crippen molar-refractivity contribution in [1.29, 1.82) is 0 Å². The van der Waals surface area contributed by atoms with Gasteiger partial charge < -0.3 is 9.72 Å². The van der Waals surface area contributed by atoms with Crippen molar-refractivity contribution >= 4 is 28.5 Å². The van der Waals surface area contributed by atoms with E-state index in [4.69, 9.17) is 11.6 Å². The number of aromatic nitrogens is 2. The molecule has 3 aromatic rings. The van der Waals surface area contributed by atoms with Crippen LogP contribution < -0.4 is 5.56 Å². The molecule has 1 heterocycles. The van der Waals surface area contributed by atoms with Crippen molar-refractivity contribution in [3.05, 3.63) is 63.4 Å². The molecule has 0 atom stereocenters. The molecule has 0 aliphatic carbocycles. The third-order valence-corrected chi connectivity index (χ3v) is 3.50. The lowest BCUT2D eigenvalue weighted by atomic mass is 10.1. The van der Waals surface area contributed by atoms with Crippen molar-refractivity contribution in [2.75, 3.05) is 7.11 Å². The molecule has 2 aromatic carbocycles. The molecule has 0 radical (unpaired) electrons. The second-order valence-corrected chi connectivity index (χ2v) is 5.08. The van der Waals surface area contributed by atoms with E-state index >= 15 is 0 Å². The van der Waals surface area contributed by atoms with Crippen molar-refractivity contribution < 1.29 is 9.53 Å². The number of H-pyrrole nitrogens is 1. The van der Waals surface area contributed by atoms with Crippen molar-refractivity contribution in [1.82, 2.24) is 9.97 Å². The van der Waals surface area contributed by atoms with E-state index in [9.17, 15) is 9.59 Å². The number of carbonyl (C=O) groups is 1. The summed E-state index contributed by atoms with van der Waals surface area (Å²) in [5.41, 5.74) is 1.23. The number of rotatable bonds is 2. The number of ether oxygens (including phenoxy) is 1. The molecular weight excluding hydrogens is 304 g/mol. The lowest BCUT2D eigenvalue weighted by molar-refractivity contribution is 0.0601. The molecule has 1 N–H and O–H groups in total. The Morgan fingerprint density at radius 1 is 1.18 bits per heavy atom. The monoisotopic (exact) mass is 314 g/mol. The minimum absolute atomic E-state index is 0.272. The van der Waals surface area contributed by atoms with Gasteiger partial charge in [0.2, 0.25) is 0 Å². The van der Waals surface area contributed by atoms with Gasteiger partial charge in [-0.3, -0.25) is 4.79 Å². The molecule has 0 aliphatic heterocycles. The molecule has 1 aromatic heterocycles. The first kappa shape index (κ1) is 14.3. The van der Waals surface area contributed by atoms with Gasteiger partial charge in [0.1, 0.15) is 5.82 Å². The zero-order valence-corrected chi connectivity index (χ0v) is 12.3. The summed E-state index contributed by atoms with van der Waals surface area (Å²) < 4.78 is 4.68. The fourth-order valence-electron chi connectivity index (χ4n) is 2.13. The highest BCUT2D eigenvalue weighted by Gasteiger charge is 2.10. The molecule has 3 rings (SSSR count). The topological polar surface area (TPSA) is 72.1 Å². The first-order chi connectivity index (χ1) is 10.6. The van der Waals surface area contributed by atoms with Gasteiger partial charge in [0.05, 0.1) is 23.6 Å². The second-order valence-electron chi connectivity index (χ2n) is 4.64. The van der Waals surface area contributed by atoms with Gasteiger partial charge in [-0.2, -0.15) is 0 Å². The number of halogens is 1. The molecule has 0 aliphatic rings. The highest BCUT2D eigenvalue weighted by molar-refractivity contribution is 6.30. The number of nitrogens with zero attached hydrogens (tertiary/aromatic N) is 1. The van der Waals surface area contributed by atoms with Crippen LogP contribution in [0.3, 0.4) is 0 Å². The third-order valence-electron chi connectivity index (χ3n) is 3.25. The second kappa shape index (κ2) is 5.61. The zero-order chi connectivity index (χ0) is 15.7. The molecule has 5 nitrogen and oxygen atoms in total. The Hall–Kier alpha value is -2.66. The standard InChI is InChI=1S/C16H11ClN2O3/c1-22-16(21)10-4-7-12-13(8-10)18-14(19-15(12)20)9-2-5-11(17)6-3-9/h2-8H,1H3,(H,18,19,20). The summed E-state index contributed by atoms with van der Waals surface area (Å²) in [6.07, 6.45) is 0. The van der Waals surface area contributed by atoms with E-state index in [1.165, 1.54) is 19.2 Å². The maximum absolute atomic E-state index is 12.2. The zero-order valence-electron chi connectivity index (χ0n) is 11.6. The van der Waals surface area contributed by atoms with Gasteiger partial charge in [0.15, 0.2) is 0 Å². The summed E-state index contributed by atoms with van der Waals surface area (Å²) in [4.78, 5) is 30.9. The van der Waals surface area contributed by atoms with E-state index in [0.29, 0.717) is 27.3 Å². The Kier molecular flexibility index (Phi) is 3.65. The largest absolute Gasteiger partial charge is 0.465 e. The Morgan fingerprint density at radius 3 is 2.59 bits per heavy atom. The van der Waals surface area contributed by atoms with E-state index in [0.717, 1.165) is 5.56 Å². The summed E-state index contributed by atoms with van der Waals surface area (Å²) >= 11 is 5.85. The molecule has 0 unspecified atom stereocenters. The van der Waals surface area contributed by atoms with Crippen molar-refractivity contribution in [2.24, 2.45) is 0 Å². The van der Waals surface area contributed by atoms with E-state index in [1.807, 2.05) is 0 Å². The predicted molar refractivity (Wildman–Crippen MR) is 84.1 cm³/mol. The first-order valence-corrected chi connectivity index (χ1v) is 6.84. The van der Waals surface area contributed by atoms with Crippen molar-refractivity contribution in [2.45, 2.75) is 0 Å². The van der Waals surface area contributed by atoms with Gasteiger partial charge in [0.25, 0.3) is 5.56 Å². The third kappa shape index (κ3) is 2.58. The molecule has 0 saturated heterocycles. The average Bonchev–Trinajstić information content (AvgIpc) is 2.54. The molecule has 0 fully saturated rings. The Bertz CT molecular complexity index is 917. The van der Waals surface area contributed by atoms with Crippen LogP contribution in [0.25, 0.3) is 22.3 Å². The Labute approximate surface area is 130 Å². The van der Waals surface area contributed by atoms with Crippen molar-refractivity contribution in [3.8, 4) is 11.4 Å². The molecule has 6 heteroatoms.